The van der Waals surface area contributed by atoms with Crippen LogP contribution in [0.3, 0.4) is 0 Å². The number of amides is 1. The Morgan fingerprint density at radius 2 is 2.22 bits per heavy atom. The molecule has 0 bridgehead atoms. The number of halogens is 1. The van der Waals surface area contributed by atoms with E-state index in [2.05, 4.69) is 27.5 Å². The predicted molar refractivity (Wildman–Crippen MR) is 117 cm³/mol. The maximum atomic E-state index is 13.1. The van der Waals surface area contributed by atoms with Crippen LogP contribution in [0.25, 0.3) is 11.0 Å². The first kappa shape index (κ1) is 21.8. The number of benzene rings is 1. The Morgan fingerprint density at radius 3 is 2.94 bits per heavy atom. The van der Waals surface area contributed by atoms with E-state index in [0.717, 1.165) is 49.5 Å². The van der Waals surface area contributed by atoms with Crippen molar-refractivity contribution in [3.63, 3.8) is 0 Å². The SMILES string of the molecule is C[C@]1(Cn2cnc3ccc(C#N)cc32)CCCC(CN(Cc2ccc(F)cn2)C(=O)O)C1. The molecule has 2 aromatic heterocycles. The minimum atomic E-state index is -0.993. The third-order valence-electron chi connectivity index (χ3n) is 6.37. The van der Waals surface area contributed by atoms with Crippen molar-refractivity contribution >= 4 is 17.1 Å². The van der Waals surface area contributed by atoms with Crippen LogP contribution in [0.15, 0.2) is 42.9 Å². The van der Waals surface area contributed by atoms with Crippen LogP contribution < -0.4 is 0 Å². The third-order valence-corrected chi connectivity index (χ3v) is 6.37. The van der Waals surface area contributed by atoms with Gasteiger partial charge >= 0.3 is 6.09 Å². The molecule has 1 aromatic carbocycles. The number of nitriles is 1. The van der Waals surface area contributed by atoms with Gasteiger partial charge in [-0.05, 0) is 60.9 Å². The highest BCUT2D eigenvalue weighted by atomic mass is 19.1. The molecule has 1 N–H and O–H groups in total. The Balaban J connectivity index is 1.46. The average Bonchev–Trinajstić information content (AvgIpc) is 3.16. The zero-order chi connectivity index (χ0) is 22.7. The van der Waals surface area contributed by atoms with Crippen molar-refractivity contribution in [1.82, 2.24) is 19.4 Å². The van der Waals surface area contributed by atoms with Crippen LogP contribution in [-0.2, 0) is 13.1 Å². The van der Waals surface area contributed by atoms with E-state index < -0.39 is 11.9 Å². The van der Waals surface area contributed by atoms with Crippen LogP contribution in [0.5, 0.6) is 0 Å². The normalized spacial score (nSPS) is 20.7. The largest absolute Gasteiger partial charge is 0.465 e. The third kappa shape index (κ3) is 4.88. The number of carbonyl (C=O) groups is 1. The van der Waals surface area contributed by atoms with Crippen LogP contribution in [0.4, 0.5) is 9.18 Å². The molecule has 4 rings (SSSR count). The first-order valence-electron chi connectivity index (χ1n) is 10.8. The number of aromatic nitrogens is 3. The molecule has 1 fully saturated rings. The van der Waals surface area contributed by atoms with E-state index in [0.29, 0.717) is 17.8 Å². The topological polar surface area (TPSA) is 95.0 Å². The summed E-state index contributed by atoms with van der Waals surface area (Å²) in [5.74, 6) is -0.206. The minimum Gasteiger partial charge on any atom is -0.465 e. The van der Waals surface area contributed by atoms with Crippen LogP contribution in [-0.4, -0.2) is 37.2 Å². The Labute approximate surface area is 186 Å². The summed E-state index contributed by atoms with van der Waals surface area (Å²) in [5.41, 5.74) is 2.95. The quantitative estimate of drug-likeness (QED) is 0.599. The van der Waals surface area contributed by atoms with Gasteiger partial charge in [0.15, 0.2) is 0 Å². The Hall–Kier alpha value is -3.47. The minimum absolute atomic E-state index is 0.00249. The monoisotopic (exact) mass is 435 g/mol. The van der Waals surface area contributed by atoms with E-state index in [9.17, 15) is 19.6 Å². The number of rotatable bonds is 6. The summed E-state index contributed by atoms with van der Waals surface area (Å²) in [4.78, 5) is 21.7. The molecule has 1 amide bonds. The number of hydrogen-bond donors (Lipinski definition) is 1. The van der Waals surface area contributed by atoms with Crippen LogP contribution >= 0.6 is 0 Å². The molecule has 1 aliphatic rings. The van der Waals surface area contributed by atoms with Gasteiger partial charge in [0.1, 0.15) is 5.82 Å². The lowest BCUT2D eigenvalue weighted by atomic mass is 9.70. The molecule has 0 aliphatic heterocycles. The highest BCUT2D eigenvalue weighted by Gasteiger charge is 2.34. The Morgan fingerprint density at radius 1 is 1.38 bits per heavy atom. The van der Waals surface area contributed by atoms with Crippen molar-refractivity contribution < 1.29 is 14.3 Å². The van der Waals surface area contributed by atoms with Gasteiger partial charge in [-0.2, -0.15) is 5.26 Å². The lowest BCUT2D eigenvalue weighted by Gasteiger charge is -2.40. The number of hydrogen-bond acceptors (Lipinski definition) is 4. The molecule has 166 valence electrons. The molecule has 8 heteroatoms. The fourth-order valence-electron chi connectivity index (χ4n) is 4.90. The second-order valence-electron chi connectivity index (χ2n) is 9.09. The van der Waals surface area contributed by atoms with Gasteiger partial charge in [-0.1, -0.05) is 13.3 Å². The van der Waals surface area contributed by atoms with Crippen molar-refractivity contribution in [2.45, 2.75) is 45.7 Å². The molecule has 3 aromatic rings. The van der Waals surface area contributed by atoms with Gasteiger partial charge in [0, 0.05) is 13.1 Å². The summed E-state index contributed by atoms with van der Waals surface area (Å²) in [6.07, 6.45) is 5.88. The summed E-state index contributed by atoms with van der Waals surface area (Å²) in [7, 11) is 0. The van der Waals surface area contributed by atoms with E-state index >= 15 is 0 Å². The molecule has 0 spiro atoms. The van der Waals surface area contributed by atoms with Gasteiger partial charge in [0.05, 0.1) is 47.4 Å². The van der Waals surface area contributed by atoms with E-state index in [-0.39, 0.29) is 17.9 Å². The number of carboxylic acid groups (broad SMARTS) is 1. The molecule has 7 nitrogen and oxygen atoms in total. The van der Waals surface area contributed by atoms with E-state index in [1.165, 1.54) is 17.0 Å². The number of nitrogens with zero attached hydrogens (tertiary/aromatic N) is 5. The maximum absolute atomic E-state index is 13.1. The summed E-state index contributed by atoms with van der Waals surface area (Å²) in [6, 6.07) is 10.5. The molecule has 1 unspecified atom stereocenters. The molecule has 32 heavy (non-hydrogen) atoms. The van der Waals surface area contributed by atoms with Gasteiger partial charge in [0.25, 0.3) is 0 Å². The highest BCUT2D eigenvalue weighted by Crippen LogP contribution is 2.41. The standard InChI is InChI=1S/C24H26FN5O2/c1-24(15-30-16-28-21-7-4-17(11-26)9-22(21)30)8-2-3-18(10-24)13-29(23(31)32)14-20-6-5-19(25)12-27-20/h4-7,9,12,16,18H,2-3,8,10,13-15H2,1H3,(H,31,32)/t18?,24-/m0/s1. The van der Waals surface area contributed by atoms with Gasteiger partial charge in [0.2, 0.25) is 0 Å². The second kappa shape index (κ2) is 8.95. The predicted octanol–water partition coefficient (Wildman–Crippen LogP) is 4.82. The van der Waals surface area contributed by atoms with E-state index in [1.54, 1.807) is 6.07 Å². The molecular formula is C24H26FN5O2. The summed E-state index contributed by atoms with van der Waals surface area (Å²) in [5, 5.41) is 18.9. The van der Waals surface area contributed by atoms with Crippen LogP contribution in [0.1, 0.15) is 43.9 Å². The van der Waals surface area contributed by atoms with Crippen molar-refractivity contribution in [3.05, 3.63) is 59.9 Å². The van der Waals surface area contributed by atoms with Gasteiger partial charge in [-0.3, -0.25) is 4.98 Å². The van der Waals surface area contributed by atoms with Crippen molar-refractivity contribution in [3.8, 4) is 6.07 Å². The fraction of sp³-hybridized carbons (Fsp3) is 0.417. The van der Waals surface area contributed by atoms with E-state index in [4.69, 9.17) is 0 Å². The fourth-order valence-corrected chi connectivity index (χ4v) is 4.90. The number of fused-ring (bicyclic) bond motifs is 1. The number of pyridine rings is 1. The lowest BCUT2D eigenvalue weighted by Crippen LogP contribution is -2.38. The van der Waals surface area contributed by atoms with Crippen molar-refractivity contribution in [2.75, 3.05) is 6.54 Å². The maximum Gasteiger partial charge on any atom is 0.407 e. The molecule has 0 saturated heterocycles. The molecular weight excluding hydrogens is 409 g/mol. The Bertz CT molecular complexity index is 1150. The van der Waals surface area contributed by atoms with Crippen LogP contribution in [0.2, 0.25) is 0 Å². The van der Waals surface area contributed by atoms with Gasteiger partial charge in [-0.25, -0.2) is 14.2 Å². The second-order valence-corrected chi connectivity index (χ2v) is 9.09. The zero-order valence-electron chi connectivity index (χ0n) is 18.0. The van der Waals surface area contributed by atoms with E-state index in [1.807, 2.05) is 18.5 Å². The molecule has 1 aliphatic carbocycles. The first-order valence-corrected chi connectivity index (χ1v) is 10.8. The van der Waals surface area contributed by atoms with Crippen molar-refractivity contribution in [2.24, 2.45) is 11.3 Å². The summed E-state index contributed by atoms with van der Waals surface area (Å²) in [6.45, 7) is 3.58. The number of imidazole rings is 1. The van der Waals surface area contributed by atoms with Crippen LogP contribution in [0, 0.1) is 28.5 Å². The molecule has 2 heterocycles. The molecule has 2 atom stereocenters. The van der Waals surface area contributed by atoms with Gasteiger partial charge < -0.3 is 14.6 Å². The Kier molecular flexibility index (Phi) is 6.08. The van der Waals surface area contributed by atoms with Crippen molar-refractivity contribution in [1.29, 1.82) is 5.26 Å². The zero-order valence-corrected chi connectivity index (χ0v) is 18.0. The molecule has 1 saturated carbocycles. The highest BCUT2D eigenvalue weighted by molar-refractivity contribution is 5.77. The summed E-state index contributed by atoms with van der Waals surface area (Å²) < 4.78 is 15.2. The average molecular weight is 436 g/mol. The summed E-state index contributed by atoms with van der Waals surface area (Å²) >= 11 is 0. The lowest BCUT2D eigenvalue weighted by molar-refractivity contribution is 0.0921. The molecule has 0 radical (unpaired) electrons. The smallest absolute Gasteiger partial charge is 0.407 e. The first-order chi connectivity index (χ1) is 15.3. The van der Waals surface area contributed by atoms with Gasteiger partial charge in [-0.15, -0.1) is 0 Å².